The maximum Gasteiger partial charge on any atom is 0.258 e. The molecule has 2 aromatic carbocycles. The first-order chi connectivity index (χ1) is 11.1. The Bertz CT molecular complexity index is 797. The molecule has 0 saturated heterocycles. The lowest BCUT2D eigenvalue weighted by atomic mass is 10.1. The molecule has 3 heteroatoms. The third-order valence-electron chi connectivity index (χ3n) is 4.09. The summed E-state index contributed by atoms with van der Waals surface area (Å²) in [5.41, 5.74) is 5.01. The first-order valence-corrected chi connectivity index (χ1v) is 7.66. The summed E-state index contributed by atoms with van der Waals surface area (Å²) in [5.74, 6) is -0.0105. The Balaban J connectivity index is 1.86. The summed E-state index contributed by atoms with van der Waals surface area (Å²) in [6.07, 6.45) is 0. The van der Waals surface area contributed by atoms with Gasteiger partial charge in [0.1, 0.15) is 0 Å². The zero-order valence-corrected chi connectivity index (χ0v) is 13.7. The molecule has 0 atom stereocenters. The van der Waals surface area contributed by atoms with Crippen LogP contribution >= 0.6 is 0 Å². The molecule has 0 spiro atoms. The molecule has 0 aliphatic rings. The number of benzene rings is 2. The van der Waals surface area contributed by atoms with E-state index in [2.05, 4.69) is 30.5 Å². The van der Waals surface area contributed by atoms with E-state index in [4.69, 9.17) is 0 Å². The van der Waals surface area contributed by atoms with Gasteiger partial charge in [0, 0.05) is 35.4 Å². The fourth-order valence-corrected chi connectivity index (χ4v) is 2.79. The van der Waals surface area contributed by atoms with Crippen LogP contribution in [0.3, 0.4) is 0 Å². The fourth-order valence-electron chi connectivity index (χ4n) is 2.79. The molecule has 116 valence electrons. The van der Waals surface area contributed by atoms with E-state index >= 15 is 0 Å². The summed E-state index contributed by atoms with van der Waals surface area (Å²) < 4.78 is 2.18. The van der Waals surface area contributed by atoms with Gasteiger partial charge in [-0.1, -0.05) is 18.2 Å². The van der Waals surface area contributed by atoms with E-state index in [1.54, 1.807) is 11.9 Å². The highest BCUT2D eigenvalue weighted by atomic mass is 16.2. The van der Waals surface area contributed by atoms with Crippen molar-refractivity contribution in [3.8, 4) is 5.69 Å². The molecule has 1 amide bonds. The number of para-hydroxylation sites is 1. The molecule has 0 aliphatic carbocycles. The van der Waals surface area contributed by atoms with Crippen molar-refractivity contribution in [1.29, 1.82) is 0 Å². The quantitative estimate of drug-likeness (QED) is 0.705. The summed E-state index contributed by atoms with van der Waals surface area (Å²) in [4.78, 5) is 14.3. The van der Waals surface area contributed by atoms with E-state index in [0.717, 1.165) is 11.4 Å². The highest BCUT2D eigenvalue weighted by Crippen LogP contribution is 2.19. The second-order valence-electron chi connectivity index (χ2n) is 5.70. The highest BCUT2D eigenvalue weighted by Gasteiger charge is 2.13. The van der Waals surface area contributed by atoms with Crippen molar-refractivity contribution in [2.24, 2.45) is 0 Å². The zero-order valence-electron chi connectivity index (χ0n) is 13.7. The predicted molar refractivity (Wildman–Crippen MR) is 94.4 cm³/mol. The van der Waals surface area contributed by atoms with Crippen molar-refractivity contribution in [2.75, 3.05) is 11.9 Å². The van der Waals surface area contributed by atoms with Gasteiger partial charge in [0.05, 0.1) is 0 Å². The van der Waals surface area contributed by atoms with E-state index in [-0.39, 0.29) is 5.91 Å². The summed E-state index contributed by atoms with van der Waals surface area (Å²) in [5, 5.41) is 0. The maximum atomic E-state index is 12.6. The normalized spacial score (nSPS) is 10.6. The van der Waals surface area contributed by atoms with Gasteiger partial charge in [0.15, 0.2) is 0 Å². The van der Waals surface area contributed by atoms with Gasteiger partial charge in [-0.15, -0.1) is 0 Å². The Morgan fingerprint density at radius 2 is 1.39 bits per heavy atom. The van der Waals surface area contributed by atoms with Gasteiger partial charge in [-0.05, 0) is 62.4 Å². The molecule has 3 nitrogen and oxygen atoms in total. The van der Waals surface area contributed by atoms with Gasteiger partial charge < -0.3 is 9.47 Å². The number of carbonyl (C=O) groups excluding carboxylic acids is 1. The number of carbonyl (C=O) groups is 1. The molecule has 1 aromatic heterocycles. The summed E-state index contributed by atoms with van der Waals surface area (Å²) >= 11 is 0. The van der Waals surface area contributed by atoms with Crippen molar-refractivity contribution in [2.45, 2.75) is 13.8 Å². The van der Waals surface area contributed by atoms with Gasteiger partial charge in [0.25, 0.3) is 5.91 Å². The second-order valence-corrected chi connectivity index (χ2v) is 5.70. The highest BCUT2D eigenvalue weighted by molar-refractivity contribution is 6.05. The van der Waals surface area contributed by atoms with Gasteiger partial charge in [-0.25, -0.2) is 0 Å². The van der Waals surface area contributed by atoms with E-state index in [9.17, 15) is 4.79 Å². The Hall–Kier alpha value is -2.81. The molecule has 0 bridgehead atoms. The lowest BCUT2D eigenvalue weighted by Gasteiger charge is -2.17. The smallest absolute Gasteiger partial charge is 0.258 e. The molecule has 1 heterocycles. The number of nitrogens with zero attached hydrogens (tertiary/aromatic N) is 2. The molecule has 0 aliphatic heterocycles. The number of anilines is 1. The molecule has 0 saturated carbocycles. The number of rotatable bonds is 3. The van der Waals surface area contributed by atoms with Gasteiger partial charge in [0.2, 0.25) is 0 Å². The average Bonchev–Trinajstić information content (AvgIpc) is 2.93. The van der Waals surface area contributed by atoms with Crippen molar-refractivity contribution >= 4 is 11.6 Å². The SMILES string of the molecule is Cc1ccc(C)n1-c1ccc(C(=O)N(C)c2ccccc2)cc1. The monoisotopic (exact) mass is 304 g/mol. The molecule has 23 heavy (non-hydrogen) atoms. The number of amides is 1. The number of aryl methyl sites for hydroxylation is 2. The third-order valence-corrected chi connectivity index (χ3v) is 4.09. The van der Waals surface area contributed by atoms with E-state index < -0.39 is 0 Å². The molecular weight excluding hydrogens is 284 g/mol. The molecule has 0 N–H and O–H groups in total. The van der Waals surface area contributed by atoms with Crippen molar-refractivity contribution in [1.82, 2.24) is 4.57 Å². The Labute approximate surface area is 136 Å². The van der Waals surface area contributed by atoms with E-state index in [0.29, 0.717) is 5.56 Å². The van der Waals surface area contributed by atoms with Gasteiger partial charge in [-0.2, -0.15) is 0 Å². The first kappa shape index (κ1) is 15.1. The minimum Gasteiger partial charge on any atom is -0.319 e. The minimum absolute atomic E-state index is 0.0105. The molecule has 0 fully saturated rings. The maximum absolute atomic E-state index is 12.6. The average molecular weight is 304 g/mol. The fraction of sp³-hybridized carbons (Fsp3) is 0.150. The van der Waals surface area contributed by atoms with Crippen molar-refractivity contribution in [3.05, 3.63) is 83.7 Å². The lowest BCUT2D eigenvalue weighted by molar-refractivity contribution is 0.0993. The molecule has 3 rings (SSSR count). The number of hydrogen-bond donors (Lipinski definition) is 0. The van der Waals surface area contributed by atoms with E-state index in [1.807, 2.05) is 54.6 Å². The third kappa shape index (κ3) is 2.90. The lowest BCUT2D eigenvalue weighted by Crippen LogP contribution is -2.26. The van der Waals surface area contributed by atoms with Crippen molar-refractivity contribution < 1.29 is 4.79 Å². The van der Waals surface area contributed by atoms with Crippen LogP contribution in [0.15, 0.2) is 66.7 Å². The second kappa shape index (κ2) is 6.13. The Morgan fingerprint density at radius 1 is 0.826 bits per heavy atom. The summed E-state index contributed by atoms with van der Waals surface area (Å²) in [6.45, 7) is 4.16. The van der Waals surface area contributed by atoms with Crippen LogP contribution in [0, 0.1) is 13.8 Å². The number of hydrogen-bond acceptors (Lipinski definition) is 1. The Kier molecular flexibility index (Phi) is 4.02. The predicted octanol–water partition coefficient (Wildman–Crippen LogP) is 4.37. The summed E-state index contributed by atoms with van der Waals surface area (Å²) in [7, 11) is 1.80. The molecule has 3 aromatic rings. The van der Waals surface area contributed by atoms with Crippen LogP contribution in [0.25, 0.3) is 5.69 Å². The van der Waals surface area contributed by atoms with Crippen LogP contribution < -0.4 is 4.90 Å². The van der Waals surface area contributed by atoms with Crippen LogP contribution in [0.1, 0.15) is 21.7 Å². The Morgan fingerprint density at radius 3 is 1.96 bits per heavy atom. The van der Waals surface area contributed by atoms with E-state index in [1.165, 1.54) is 11.4 Å². The summed E-state index contributed by atoms with van der Waals surface area (Å²) in [6, 6.07) is 21.6. The molecule has 0 radical (unpaired) electrons. The minimum atomic E-state index is -0.0105. The topological polar surface area (TPSA) is 25.2 Å². The van der Waals surface area contributed by atoms with Crippen LogP contribution in [0.2, 0.25) is 0 Å². The molecule has 0 unspecified atom stereocenters. The van der Waals surface area contributed by atoms with Crippen LogP contribution in [-0.4, -0.2) is 17.5 Å². The number of aromatic nitrogens is 1. The van der Waals surface area contributed by atoms with Crippen LogP contribution in [0.5, 0.6) is 0 Å². The largest absolute Gasteiger partial charge is 0.319 e. The molecular formula is C20H20N2O. The standard InChI is InChI=1S/C20H20N2O/c1-15-9-10-16(2)22(15)19-13-11-17(12-14-19)20(23)21(3)18-7-5-4-6-8-18/h4-14H,1-3H3. The van der Waals surface area contributed by atoms with Crippen LogP contribution in [-0.2, 0) is 0 Å². The first-order valence-electron chi connectivity index (χ1n) is 7.66. The zero-order chi connectivity index (χ0) is 16.4. The van der Waals surface area contributed by atoms with Crippen molar-refractivity contribution in [3.63, 3.8) is 0 Å². The van der Waals surface area contributed by atoms with Crippen LogP contribution in [0.4, 0.5) is 5.69 Å². The van der Waals surface area contributed by atoms with Gasteiger partial charge >= 0.3 is 0 Å². The van der Waals surface area contributed by atoms with Gasteiger partial charge in [-0.3, -0.25) is 4.79 Å².